The van der Waals surface area contributed by atoms with E-state index in [1.54, 1.807) is 43.3 Å². The Hall–Kier alpha value is -2.11. The van der Waals surface area contributed by atoms with Gasteiger partial charge in [-0.1, -0.05) is 23.2 Å². The summed E-state index contributed by atoms with van der Waals surface area (Å²) in [5, 5.41) is 3.60. The van der Waals surface area contributed by atoms with Gasteiger partial charge in [0.25, 0.3) is 5.91 Å². The predicted octanol–water partition coefficient (Wildman–Crippen LogP) is 4.13. The van der Waals surface area contributed by atoms with Gasteiger partial charge < -0.3 is 19.5 Å². The van der Waals surface area contributed by atoms with Crippen LogP contribution < -0.4 is 19.5 Å². The number of nitrogens with one attached hydrogen (secondary N) is 1. The van der Waals surface area contributed by atoms with Crippen molar-refractivity contribution < 1.29 is 19.0 Å². The maximum atomic E-state index is 12.2. The second-order valence-corrected chi connectivity index (χ2v) is 5.74. The van der Waals surface area contributed by atoms with Gasteiger partial charge in [-0.05, 0) is 37.3 Å². The Morgan fingerprint density at radius 2 is 1.96 bits per heavy atom. The average molecular weight is 354 g/mol. The van der Waals surface area contributed by atoms with Gasteiger partial charge in [0.1, 0.15) is 5.75 Å². The van der Waals surface area contributed by atoms with Crippen LogP contribution in [0.2, 0.25) is 10.0 Å². The molecule has 120 valence electrons. The van der Waals surface area contributed by atoms with Crippen LogP contribution in [0, 0.1) is 0 Å². The number of benzene rings is 2. The first-order valence-corrected chi connectivity index (χ1v) is 7.61. The quantitative estimate of drug-likeness (QED) is 0.897. The first kappa shape index (κ1) is 15.8. The molecule has 23 heavy (non-hydrogen) atoms. The Balaban J connectivity index is 1.65. The molecule has 0 spiro atoms. The van der Waals surface area contributed by atoms with Gasteiger partial charge >= 0.3 is 0 Å². The molecule has 1 aliphatic rings. The van der Waals surface area contributed by atoms with Gasteiger partial charge in [0, 0.05) is 16.8 Å². The zero-order chi connectivity index (χ0) is 16.4. The summed E-state index contributed by atoms with van der Waals surface area (Å²) in [6, 6.07) is 9.98. The monoisotopic (exact) mass is 353 g/mol. The van der Waals surface area contributed by atoms with Crippen LogP contribution in [0.5, 0.6) is 17.2 Å². The second-order valence-electron chi connectivity index (χ2n) is 4.89. The summed E-state index contributed by atoms with van der Waals surface area (Å²) in [7, 11) is 0. The van der Waals surface area contributed by atoms with E-state index in [1.165, 1.54) is 0 Å². The third kappa shape index (κ3) is 3.63. The first-order chi connectivity index (χ1) is 11.0. The van der Waals surface area contributed by atoms with Crippen LogP contribution in [-0.4, -0.2) is 18.8 Å². The number of hydrogen-bond acceptors (Lipinski definition) is 4. The zero-order valence-electron chi connectivity index (χ0n) is 12.1. The fourth-order valence-electron chi connectivity index (χ4n) is 2.03. The lowest BCUT2D eigenvalue weighted by Crippen LogP contribution is -2.30. The molecule has 2 aromatic rings. The molecular formula is C16H13Cl2NO4. The van der Waals surface area contributed by atoms with Crippen molar-refractivity contribution in [1.82, 2.24) is 0 Å². The average Bonchev–Trinajstić information content (AvgIpc) is 2.97. The van der Waals surface area contributed by atoms with Gasteiger partial charge in [0.05, 0.1) is 5.02 Å². The topological polar surface area (TPSA) is 56.8 Å². The molecule has 0 unspecified atom stereocenters. The Labute approximate surface area is 143 Å². The SMILES string of the molecule is C[C@@H](Oc1ccc(Cl)cc1Cl)C(=O)Nc1ccc2c(c1)OCO2. The van der Waals surface area contributed by atoms with Crippen molar-refractivity contribution in [3.8, 4) is 17.2 Å². The number of fused-ring (bicyclic) bond motifs is 1. The van der Waals surface area contributed by atoms with Crippen molar-refractivity contribution in [2.75, 3.05) is 12.1 Å². The highest BCUT2D eigenvalue weighted by molar-refractivity contribution is 6.35. The van der Waals surface area contributed by atoms with E-state index in [2.05, 4.69) is 5.32 Å². The minimum atomic E-state index is -0.737. The number of ether oxygens (including phenoxy) is 3. The highest BCUT2D eigenvalue weighted by Crippen LogP contribution is 2.34. The number of halogens is 2. The lowest BCUT2D eigenvalue weighted by molar-refractivity contribution is -0.122. The molecule has 0 bridgehead atoms. The van der Waals surface area contributed by atoms with Crippen molar-refractivity contribution >= 4 is 34.8 Å². The molecular weight excluding hydrogens is 341 g/mol. The molecule has 7 heteroatoms. The predicted molar refractivity (Wildman–Crippen MR) is 87.7 cm³/mol. The van der Waals surface area contributed by atoms with Crippen LogP contribution in [0.3, 0.4) is 0 Å². The molecule has 0 aromatic heterocycles. The third-order valence-electron chi connectivity index (χ3n) is 3.21. The normalized spacial score (nSPS) is 13.5. The molecule has 1 amide bonds. The molecule has 1 atom stereocenters. The van der Waals surface area contributed by atoms with E-state index in [0.717, 1.165) is 0 Å². The summed E-state index contributed by atoms with van der Waals surface area (Å²) in [6.07, 6.45) is -0.737. The van der Waals surface area contributed by atoms with Gasteiger partial charge in [-0.3, -0.25) is 4.79 Å². The highest BCUT2D eigenvalue weighted by Gasteiger charge is 2.18. The van der Waals surface area contributed by atoms with Crippen molar-refractivity contribution in [2.24, 2.45) is 0 Å². The standard InChI is InChI=1S/C16H13Cl2NO4/c1-9(23-13-4-2-10(17)6-12(13)18)16(20)19-11-3-5-14-15(7-11)22-8-21-14/h2-7,9H,8H2,1H3,(H,19,20)/t9-/m1/s1. The highest BCUT2D eigenvalue weighted by atomic mass is 35.5. The molecule has 5 nitrogen and oxygen atoms in total. The van der Waals surface area contributed by atoms with E-state index in [1.807, 2.05) is 0 Å². The van der Waals surface area contributed by atoms with E-state index in [4.69, 9.17) is 37.4 Å². The molecule has 0 saturated heterocycles. The van der Waals surface area contributed by atoms with Crippen LogP contribution in [-0.2, 0) is 4.79 Å². The number of rotatable bonds is 4. The van der Waals surface area contributed by atoms with Gasteiger partial charge in [0.15, 0.2) is 17.6 Å². The first-order valence-electron chi connectivity index (χ1n) is 6.85. The number of amides is 1. The van der Waals surface area contributed by atoms with Crippen molar-refractivity contribution in [3.63, 3.8) is 0 Å². The van der Waals surface area contributed by atoms with Crippen LogP contribution in [0.1, 0.15) is 6.92 Å². The van der Waals surface area contributed by atoms with Gasteiger partial charge in [-0.25, -0.2) is 0 Å². The molecule has 0 radical (unpaired) electrons. The van der Waals surface area contributed by atoms with E-state index in [-0.39, 0.29) is 12.7 Å². The van der Waals surface area contributed by atoms with Crippen LogP contribution >= 0.6 is 23.2 Å². The van der Waals surface area contributed by atoms with E-state index in [0.29, 0.717) is 33.0 Å². The molecule has 0 saturated carbocycles. The minimum Gasteiger partial charge on any atom is -0.479 e. The molecule has 0 fully saturated rings. The molecule has 2 aromatic carbocycles. The summed E-state index contributed by atoms with van der Waals surface area (Å²) in [6.45, 7) is 1.81. The van der Waals surface area contributed by atoms with Crippen LogP contribution in [0.15, 0.2) is 36.4 Å². The fourth-order valence-corrected chi connectivity index (χ4v) is 2.49. The summed E-state index contributed by atoms with van der Waals surface area (Å²) in [5.41, 5.74) is 0.594. The third-order valence-corrected chi connectivity index (χ3v) is 3.74. The summed E-state index contributed by atoms with van der Waals surface area (Å²) < 4.78 is 16.1. The Kier molecular flexibility index (Phi) is 4.50. The number of carbonyl (C=O) groups is 1. The van der Waals surface area contributed by atoms with Crippen molar-refractivity contribution in [1.29, 1.82) is 0 Å². The zero-order valence-corrected chi connectivity index (χ0v) is 13.6. The molecule has 1 aliphatic heterocycles. The maximum absolute atomic E-state index is 12.2. The Morgan fingerprint density at radius 1 is 1.17 bits per heavy atom. The largest absolute Gasteiger partial charge is 0.479 e. The lowest BCUT2D eigenvalue weighted by Gasteiger charge is -2.16. The summed E-state index contributed by atoms with van der Waals surface area (Å²) in [5.74, 6) is 1.33. The van der Waals surface area contributed by atoms with Gasteiger partial charge in [-0.2, -0.15) is 0 Å². The van der Waals surface area contributed by atoms with Crippen molar-refractivity contribution in [2.45, 2.75) is 13.0 Å². The number of carbonyl (C=O) groups excluding carboxylic acids is 1. The van der Waals surface area contributed by atoms with E-state index >= 15 is 0 Å². The summed E-state index contributed by atoms with van der Waals surface area (Å²) in [4.78, 5) is 12.2. The molecule has 1 heterocycles. The van der Waals surface area contributed by atoms with E-state index in [9.17, 15) is 4.79 Å². The smallest absolute Gasteiger partial charge is 0.265 e. The fraction of sp³-hybridized carbons (Fsp3) is 0.188. The maximum Gasteiger partial charge on any atom is 0.265 e. The Morgan fingerprint density at radius 3 is 2.74 bits per heavy atom. The molecule has 3 rings (SSSR count). The van der Waals surface area contributed by atoms with Crippen LogP contribution in [0.25, 0.3) is 0 Å². The minimum absolute atomic E-state index is 0.182. The van der Waals surface area contributed by atoms with Gasteiger partial charge in [-0.15, -0.1) is 0 Å². The van der Waals surface area contributed by atoms with E-state index < -0.39 is 6.10 Å². The lowest BCUT2D eigenvalue weighted by atomic mass is 10.2. The second kappa shape index (κ2) is 6.56. The number of hydrogen-bond donors (Lipinski definition) is 1. The Bertz CT molecular complexity index is 751. The van der Waals surface area contributed by atoms with Gasteiger partial charge in [0.2, 0.25) is 6.79 Å². The summed E-state index contributed by atoms with van der Waals surface area (Å²) >= 11 is 11.9. The van der Waals surface area contributed by atoms with Crippen molar-refractivity contribution in [3.05, 3.63) is 46.4 Å². The molecule has 0 aliphatic carbocycles. The number of anilines is 1. The van der Waals surface area contributed by atoms with Crippen LogP contribution in [0.4, 0.5) is 5.69 Å². The molecule has 1 N–H and O–H groups in total.